The normalized spacial score (nSPS) is 20.0. The maximum absolute atomic E-state index is 12.4. The number of benzene rings is 1. The highest BCUT2D eigenvalue weighted by Gasteiger charge is 2.31. The zero-order chi connectivity index (χ0) is 23.2. The van der Waals surface area contributed by atoms with Crippen LogP contribution in [0.1, 0.15) is 34.1 Å². The first kappa shape index (κ1) is 21.9. The summed E-state index contributed by atoms with van der Waals surface area (Å²) in [6, 6.07) is 5.69. The van der Waals surface area contributed by atoms with E-state index in [-0.39, 0.29) is 24.5 Å². The summed E-state index contributed by atoms with van der Waals surface area (Å²) >= 11 is 0. The van der Waals surface area contributed by atoms with Gasteiger partial charge in [-0.1, -0.05) is 0 Å². The lowest BCUT2D eigenvalue weighted by Crippen LogP contribution is -2.54. The third kappa shape index (κ3) is 4.21. The lowest BCUT2D eigenvalue weighted by molar-refractivity contribution is -0.120. The van der Waals surface area contributed by atoms with Crippen molar-refractivity contribution in [3.8, 4) is 0 Å². The number of hydrogen-bond donors (Lipinski definition) is 1. The number of aromatic nitrogens is 2. The average Bonchev–Trinajstić information content (AvgIpc) is 3.02. The summed E-state index contributed by atoms with van der Waals surface area (Å²) in [6.07, 6.45) is -0.0320. The molecule has 2 aliphatic heterocycles. The maximum Gasteiger partial charge on any atom is 0.410 e. The summed E-state index contributed by atoms with van der Waals surface area (Å²) < 4.78 is 7.26. The summed E-state index contributed by atoms with van der Waals surface area (Å²) in [4.78, 5) is 41.7. The van der Waals surface area contributed by atoms with Gasteiger partial charge in [0, 0.05) is 56.8 Å². The molecule has 0 saturated carbocycles. The van der Waals surface area contributed by atoms with Crippen LogP contribution in [0.3, 0.4) is 0 Å². The number of urea groups is 1. The van der Waals surface area contributed by atoms with Crippen molar-refractivity contribution in [2.24, 2.45) is 7.05 Å². The van der Waals surface area contributed by atoms with Crippen LogP contribution in [-0.4, -0.2) is 70.5 Å². The van der Waals surface area contributed by atoms with Crippen molar-refractivity contribution in [2.75, 3.05) is 36.0 Å². The minimum atomic E-state index is -0.516. The second-order valence-electron chi connectivity index (χ2n) is 9.37. The number of rotatable bonds is 2. The quantitative estimate of drug-likeness (QED) is 0.767. The zero-order valence-corrected chi connectivity index (χ0v) is 19.2. The van der Waals surface area contributed by atoms with Crippen LogP contribution < -0.4 is 15.1 Å². The van der Waals surface area contributed by atoms with Gasteiger partial charge in [-0.05, 0) is 45.9 Å². The Hall–Kier alpha value is -3.30. The molecule has 0 spiro atoms. The lowest BCUT2D eigenvalue weighted by Gasteiger charge is -2.41. The molecule has 1 aromatic heterocycles. The molecule has 3 heterocycles. The molecule has 0 radical (unpaired) electrons. The molecule has 4 rings (SSSR count). The van der Waals surface area contributed by atoms with Crippen molar-refractivity contribution < 1.29 is 19.1 Å². The van der Waals surface area contributed by atoms with Gasteiger partial charge in [-0.25, -0.2) is 9.59 Å². The van der Waals surface area contributed by atoms with E-state index in [2.05, 4.69) is 28.3 Å². The van der Waals surface area contributed by atoms with Crippen molar-refractivity contribution in [3.05, 3.63) is 18.2 Å². The first-order valence-corrected chi connectivity index (χ1v) is 10.9. The highest BCUT2D eigenvalue weighted by molar-refractivity contribution is 6.09. The average molecular weight is 443 g/mol. The first-order valence-electron chi connectivity index (χ1n) is 10.9. The number of nitrogens with one attached hydrogen (secondary N) is 1. The van der Waals surface area contributed by atoms with E-state index in [1.54, 1.807) is 9.58 Å². The number of nitrogens with zero attached hydrogens (tertiary/aromatic N) is 5. The van der Waals surface area contributed by atoms with Gasteiger partial charge >= 0.3 is 12.1 Å². The molecule has 172 valence electrons. The van der Waals surface area contributed by atoms with E-state index in [0.29, 0.717) is 32.0 Å². The maximum atomic E-state index is 12.4. The zero-order valence-electron chi connectivity index (χ0n) is 19.2. The Morgan fingerprint density at radius 2 is 1.94 bits per heavy atom. The third-order valence-electron chi connectivity index (χ3n) is 5.74. The van der Waals surface area contributed by atoms with Gasteiger partial charge in [0.2, 0.25) is 5.91 Å². The van der Waals surface area contributed by atoms with Crippen LogP contribution in [0.4, 0.5) is 21.1 Å². The number of aryl methyl sites for hydroxylation is 1. The van der Waals surface area contributed by atoms with Crippen molar-refractivity contribution in [2.45, 2.75) is 45.8 Å². The van der Waals surface area contributed by atoms with Crippen LogP contribution in [0.5, 0.6) is 0 Å². The summed E-state index contributed by atoms with van der Waals surface area (Å²) in [5, 5.41) is 7.74. The second kappa shape index (κ2) is 7.99. The number of piperazine rings is 1. The summed E-state index contributed by atoms with van der Waals surface area (Å²) in [5.74, 6) is 0.273. The van der Waals surface area contributed by atoms with E-state index >= 15 is 0 Å². The number of carbonyl (C=O) groups is 3. The monoisotopic (exact) mass is 442 g/mol. The Kier molecular flexibility index (Phi) is 5.47. The minimum Gasteiger partial charge on any atom is -0.444 e. The van der Waals surface area contributed by atoms with Gasteiger partial charge in [0.1, 0.15) is 5.60 Å². The molecule has 1 aromatic carbocycles. The van der Waals surface area contributed by atoms with Crippen LogP contribution in [0.15, 0.2) is 18.2 Å². The molecule has 2 aliphatic rings. The molecule has 2 fully saturated rings. The molecule has 4 amide bonds. The fourth-order valence-corrected chi connectivity index (χ4v) is 4.20. The summed E-state index contributed by atoms with van der Waals surface area (Å²) in [7, 11) is 1.84. The number of amides is 4. The number of hydrogen-bond acceptors (Lipinski definition) is 6. The van der Waals surface area contributed by atoms with E-state index in [4.69, 9.17) is 4.74 Å². The molecule has 1 N–H and O–H groups in total. The van der Waals surface area contributed by atoms with E-state index in [1.165, 1.54) is 4.90 Å². The topological polar surface area (TPSA) is 100 Å². The van der Waals surface area contributed by atoms with Crippen molar-refractivity contribution in [3.63, 3.8) is 0 Å². The third-order valence-corrected chi connectivity index (χ3v) is 5.74. The molecule has 0 bridgehead atoms. The molecule has 2 saturated heterocycles. The van der Waals surface area contributed by atoms with Gasteiger partial charge < -0.3 is 14.5 Å². The largest absolute Gasteiger partial charge is 0.444 e. The van der Waals surface area contributed by atoms with Crippen molar-refractivity contribution >= 4 is 40.4 Å². The molecule has 10 nitrogen and oxygen atoms in total. The molecule has 2 aromatic rings. The van der Waals surface area contributed by atoms with E-state index in [0.717, 1.165) is 16.6 Å². The van der Waals surface area contributed by atoms with Gasteiger partial charge in [-0.2, -0.15) is 5.10 Å². The second-order valence-corrected chi connectivity index (χ2v) is 9.37. The van der Waals surface area contributed by atoms with Gasteiger partial charge in [0.15, 0.2) is 5.82 Å². The molecule has 1 atom stereocenters. The van der Waals surface area contributed by atoms with Crippen molar-refractivity contribution in [1.29, 1.82) is 0 Å². The minimum absolute atomic E-state index is 0.111. The molecule has 10 heteroatoms. The Balaban J connectivity index is 1.54. The fourth-order valence-electron chi connectivity index (χ4n) is 4.20. The smallest absolute Gasteiger partial charge is 0.410 e. The molecular weight excluding hydrogens is 412 g/mol. The molecule has 1 unspecified atom stereocenters. The predicted molar refractivity (Wildman–Crippen MR) is 121 cm³/mol. The number of fused-ring (bicyclic) bond motifs is 1. The number of carbonyl (C=O) groups excluding carboxylic acids is 3. The van der Waals surface area contributed by atoms with Crippen LogP contribution >= 0.6 is 0 Å². The Bertz CT molecular complexity index is 1070. The highest BCUT2D eigenvalue weighted by Crippen LogP contribution is 2.31. The number of imide groups is 1. The molecule has 0 aliphatic carbocycles. The Labute approximate surface area is 187 Å². The van der Waals surface area contributed by atoms with Gasteiger partial charge in [0.25, 0.3) is 0 Å². The SMILES string of the molecule is CC1CN(C(=O)OC(C)(C)C)CCN1c1ccc2c(N3CCC(=O)NC3=O)nn(C)c2c1. The predicted octanol–water partition coefficient (Wildman–Crippen LogP) is 2.47. The van der Waals surface area contributed by atoms with E-state index < -0.39 is 11.6 Å². The lowest BCUT2D eigenvalue weighted by atomic mass is 10.1. The van der Waals surface area contributed by atoms with E-state index in [1.807, 2.05) is 40.0 Å². The van der Waals surface area contributed by atoms with E-state index in [9.17, 15) is 14.4 Å². The first-order chi connectivity index (χ1) is 15.0. The fraction of sp³-hybridized carbons (Fsp3) is 0.545. The van der Waals surface area contributed by atoms with Gasteiger partial charge in [-0.3, -0.25) is 19.7 Å². The van der Waals surface area contributed by atoms with Crippen LogP contribution in [0.2, 0.25) is 0 Å². The number of ether oxygens (including phenoxy) is 1. The summed E-state index contributed by atoms with van der Waals surface area (Å²) in [5.41, 5.74) is 1.41. The summed E-state index contributed by atoms with van der Waals surface area (Å²) in [6.45, 7) is 9.84. The highest BCUT2D eigenvalue weighted by atomic mass is 16.6. The molecular formula is C22H30N6O4. The Morgan fingerprint density at radius 1 is 1.19 bits per heavy atom. The Morgan fingerprint density at radius 3 is 2.59 bits per heavy atom. The van der Waals surface area contributed by atoms with Crippen LogP contribution in [0, 0.1) is 0 Å². The number of anilines is 2. The standard InChI is InChI=1S/C22H30N6O4/c1-14-13-26(21(31)32-22(2,3)4)10-11-27(14)15-6-7-16-17(12-15)25(5)24-19(16)28-9-8-18(29)23-20(28)30/h6-7,12,14H,8-11,13H2,1-5H3,(H,23,29,30). The molecule has 32 heavy (non-hydrogen) atoms. The van der Waals surface area contributed by atoms with Crippen LogP contribution in [-0.2, 0) is 16.6 Å². The van der Waals surface area contributed by atoms with Gasteiger partial charge in [0.05, 0.1) is 5.52 Å². The van der Waals surface area contributed by atoms with Crippen molar-refractivity contribution in [1.82, 2.24) is 20.0 Å². The van der Waals surface area contributed by atoms with Gasteiger partial charge in [-0.15, -0.1) is 0 Å². The van der Waals surface area contributed by atoms with Crippen LogP contribution in [0.25, 0.3) is 10.9 Å².